The minimum absolute atomic E-state index is 0.148. The fourth-order valence-electron chi connectivity index (χ4n) is 0.508. The second-order valence-electron chi connectivity index (χ2n) is 1.88. The summed E-state index contributed by atoms with van der Waals surface area (Å²) in [6.07, 6.45) is 4.83. The second-order valence-corrected chi connectivity index (χ2v) is 2.70. The first kappa shape index (κ1) is 9.49. The van der Waals surface area contributed by atoms with E-state index in [-0.39, 0.29) is 11.8 Å². The van der Waals surface area contributed by atoms with Crippen molar-refractivity contribution in [1.29, 1.82) is 0 Å². The molecule has 10 heavy (non-hydrogen) atoms. The van der Waals surface area contributed by atoms with Crippen LogP contribution in [0.2, 0.25) is 0 Å². The fourth-order valence-corrected chi connectivity index (χ4v) is 0.508. The van der Waals surface area contributed by atoms with Gasteiger partial charge in [-0.3, -0.25) is 14.9 Å². The Bertz CT molecular complexity index is 122. The average Bonchev–Trinajstić information content (AvgIpc) is 2.17. The van der Waals surface area contributed by atoms with Gasteiger partial charge in [-0.15, -0.1) is 0 Å². The van der Waals surface area contributed by atoms with Crippen LogP contribution in [-0.4, -0.2) is 24.3 Å². The van der Waals surface area contributed by atoms with Crippen molar-refractivity contribution in [3.8, 4) is 0 Å². The summed E-state index contributed by atoms with van der Waals surface area (Å²) < 4.78 is 0. The summed E-state index contributed by atoms with van der Waals surface area (Å²) in [6, 6.07) is 0. The van der Waals surface area contributed by atoms with Crippen molar-refractivity contribution in [2.75, 3.05) is 12.5 Å². The Morgan fingerprint density at radius 1 is 1.20 bits per heavy atom. The third-order valence-electron chi connectivity index (χ3n) is 0.858. The standard InChI is InChI=1S/C4H5NO2.C2H6S/c6-3-1-2-4(7)5-3;1-3-2/h1-2H2,(H,5,6,7);1-2H3. The van der Waals surface area contributed by atoms with Crippen molar-refractivity contribution in [2.45, 2.75) is 12.8 Å². The van der Waals surface area contributed by atoms with Gasteiger partial charge in [-0.25, -0.2) is 0 Å². The van der Waals surface area contributed by atoms with Gasteiger partial charge in [-0.2, -0.15) is 11.8 Å². The molecule has 1 aliphatic heterocycles. The molecule has 4 heteroatoms. The van der Waals surface area contributed by atoms with Crippen molar-refractivity contribution in [2.24, 2.45) is 0 Å². The lowest BCUT2D eigenvalue weighted by atomic mass is 10.4. The largest absolute Gasteiger partial charge is 0.296 e. The van der Waals surface area contributed by atoms with Crippen LogP contribution in [0.1, 0.15) is 12.8 Å². The molecule has 0 saturated carbocycles. The molecule has 0 unspecified atom stereocenters. The molecule has 1 rings (SSSR count). The van der Waals surface area contributed by atoms with Crippen molar-refractivity contribution in [3.63, 3.8) is 0 Å². The molecule has 0 aliphatic carbocycles. The highest BCUT2D eigenvalue weighted by molar-refractivity contribution is 7.97. The molecule has 0 bridgehead atoms. The van der Waals surface area contributed by atoms with Crippen LogP contribution in [0.15, 0.2) is 0 Å². The van der Waals surface area contributed by atoms with E-state index >= 15 is 0 Å². The molecule has 1 N–H and O–H groups in total. The van der Waals surface area contributed by atoms with Crippen molar-refractivity contribution >= 4 is 23.6 Å². The van der Waals surface area contributed by atoms with E-state index in [1.54, 1.807) is 11.8 Å². The number of rotatable bonds is 0. The lowest BCUT2D eigenvalue weighted by Crippen LogP contribution is -2.18. The molecule has 1 saturated heterocycles. The molecule has 2 amide bonds. The monoisotopic (exact) mass is 161 g/mol. The highest BCUT2D eigenvalue weighted by Gasteiger charge is 2.15. The summed E-state index contributed by atoms with van der Waals surface area (Å²) in [5, 5.41) is 2.14. The first-order chi connectivity index (χ1) is 4.70. The molecule has 0 aromatic carbocycles. The van der Waals surface area contributed by atoms with Crippen molar-refractivity contribution < 1.29 is 9.59 Å². The quantitative estimate of drug-likeness (QED) is 0.523. The summed E-state index contributed by atoms with van der Waals surface area (Å²) in [5.41, 5.74) is 0. The maximum Gasteiger partial charge on any atom is 0.227 e. The molecule has 1 fully saturated rings. The zero-order valence-electron chi connectivity index (χ0n) is 6.14. The topological polar surface area (TPSA) is 46.2 Å². The smallest absolute Gasteiger partial charge is 0.227 e. The van der Waals surface area contributed by atoms with E-state index in [0.717, 1.165) is 0 Å². The summed E-state index contributed by atoms with van der Waals surface area (Å²) >= 11 is 1.75. The number of hydrogen-bond acceptors (Lipinski definition) is 3. The normalized spacial score (nSPS) is 15.8. The van der Waals surface area contributed by atoms with Gasteiger partial charge < -0.3 is 0 Å². The summed E-state index contributed by atoms with van der Waals surface area (Å²) in [4.78, 5) is 20.2. The minimum atomic E-state index is -0.148. The molecule has 3 nitrogen and oxygen atoms in total. The number of nitrogens with one attached hydrogen (secondary N) is 1. The molecule has 58 valence electrons. The van der Waals surface area contributed by atoms with Gasteiger partial charge in [0.05, 0.1) is 0 Å². The number of thioether (sulfide) groups is 1. The summed E-state index contributed by atoms with van der Waals surface area (Å²) in [6.45, 7) is 0. The van der Waals surface area contributed by atoms with Gasteiger partial charge in [0.25, 0.3) is 0 Å². The van der Waals surface area contributed by atoms with Crippen LogP contribution in [0, 0.1) is 0 Å². The Balaban J connectivity index is 0.000000236. The molecule has 0 radical (unpaired) electrons. The highest BCUT2D eigenvalue weighted by atomic mass is 32.2. The van der Waals surface area contributed by atoms with Crippen LogP contribution >= 0.6 is 11.8 Å². The van der Waals surface area contributed by atoms with Crippen molar-refractivity contribution in [1.82, 2.24) is 5.32 Å². The Labute approximate surface area is 64.6 Å². The molecular formula is C6H11NO2S. The number of imide groups is 1. The van der Waals surface area contributed by atoms with Crippen LogP contribution in [-0.2, 0) is 9.59 Å². The summed E-state index contributed by atoms with van der Waals surface area (Å²) in [7, 11) is 0. The first-order valence-electron chi connectivity index (χ1n) is 2.93. The van der Waals surface area contributed by atoms with E-state index in [1.165, 1.54) is 0 Å². The number of carbonyl (C=O) groups is 2. The maximum atomic E-state index is 10.1. The predicted octanol–water partition coefficient (Wildman–Crippen LogP) is 0.402. The van der Waals surface area contributed by atoms with E-state index in [1.807, 2.05) is 12.5 Å². The molecule has 0 aromatic heterocycles. The predicted molar refractivity (Wildman–Crippen MR) is 41.8 cm³/mol. The lowest BCUT2D eigenvalue weighted by Gasteiger charge is -1.79. The van der Waals surface area contributed by atoms with Crippen molar-refractivity contribution in [3.05, 3.63) is 0 Å². The number of hydrogen-bond donors (Lipinski definition) is 1. The van der Waals surface area contributed by atoms with Gasteiger partial charge >= 0.3 is 0 Å². The minimum Gasteiger partial charge on any atom is -0.296 e. The number of amides is 2. The van der Waals surface area contributed by atoms with Gasteiger partial charge in [-0.1, -0.05) is 0 Å². The Kier molecular flexibility index (Phi) is 5.02. The lowest BCUT2D eigenvalue weighted by molar-refractivity contribution is -0.124. The second kappa shape index (κ2) is 5.29. The molecule has 0 atom stereocenters. The SMILES string of the molecule is CSC.O=C1CCC(=O)N1. The van der Waals surface area contributed by atoms with Crippen LogP contribution < -0.4 is 5.32 Å². The first-order valence-corrected chi connectivity index (χ1v) is 4.56. The Morgan fingerprint density at radius 3 is 1.60 bits per heavy atom. The van der Waals surface area contributed by atoms with Gasteiger partial charge in [-0.05, 0) is 12.5 Å². The molecule has 1 aliphatic rings. The third kappa shape index (κ3) is 4.38. The number of carbonyl (C=O) groups excluding carboxylic acids is 2. The Morgan fingerprint density at radius 2 is 1.50 bits per heavy atom. The van der Waals surface area contributed by atoms with E-state index in [2.05, 4.69) is 5.32 Å². The van der Waals surface area contributed by atoms with E-state index in [4.69, 9.17) is 0 Å². The van der Waals surface area contributed by atoms with Gasteiger partial charge in [0.2, 0.25) is 11.8 Å². The third-order valence-corrected chi connectivity index (χ3v) is 0.858. The maximum absolute atomic E-state index is 10.1. The van der Waals surface area contributed by atoms with Crippen LogP contribution in [0.5, 0.6) is 0 Å². The fraction of sp³-hybridized carbons (Fsp3) is 0.667. The van der Waals surface area contributed by atoms with E-state index < -0.39 is 0 Å². The van der Waals surface area contributed by atoms with Gasteiger partial charge in [0, 0.05) is 12.8 Å². The zero-order chi connectivity index (χ0) is 7.98. The molecular weight excluding hydrogens is 150 g/mol. The van der Waals surface area contributed by atoms with Crippen LogP contribution in [0.3, 0.4) is 0 Å². The zero-order valence-corrected chi connectivity index (χ0v) is 6.96. The molecule has 1 heterocycles. The van der Waals surface area contributed by atoms with E-state index in [0.29, 0.717) is 12.8 Å². The van der Waals surface area contributed by atoms with Gasteiger partial charge in [0.15, 0.2) is 0 Å². The summed E-state index contributed by atoms with van der Waals surface area (Å²) in [5.74, 6) is -0.296. The Hall–Kier alpha value is -0.510. The van der Waals surface area contributed by atoms with Crippen LogP contribution in [0.25, 0.3) is 0 Å². The highest BCUT2D eigenvalue weighted by Crippen LogP contribution is 1.95. The van der Waals surface area contributed by atoms with Gasteiger partial charge in [0.1, 0.15) is 0 Å². The molecule has 0 aromatic rings. The average molecular weight is 161 g/mol. The van der Waals surface area contributed by atoms with Crippen LogP contribution in [0.4, 0.5) is 0 Å². The van der Waals surface area contributed by atoms with E-state index in [9.17, 15) is 9.59 Å². The molecule has 0 spiro atoms.